The molecule has 0 aliphatic carbocycles. The average Bonchev–Trinajstić information content (AvgIpc) is 3.29. The monoisotopic (exact) mass is 545 g/mol. The maximum atomic E-state index is 12.9. The molecule has 0 bridgehead atoms. The van der Waals surface area contributed by atoms with Gasteiger partial charge < -0.3 is 19.5 Å². The fraction of sp³-hybridized carbons (Fsp3) is 0.217. The smallest absolute Gasteiger partial charge is 0.338 e. The number of benzene rings is 2. The van der Waals surface area contributed by atoms with Crippen molar-refractivity contribution in [3.05, 3.63) is 80.9 Å². The fourth-order valence-electron chi connectivity index (χ4n) is 3.57. The fourth-order valence-corrected chi connectivity index (χ4v) is 4.27. The summed E-state index contributed by atoms with van der Waals surface area (Å²) in [6.45, 7) is 5.76. The summed E-state index contributed by atoms with van der Waals surface area (Å²) in [5.74, 6) is 0.890. The zero-order valence-electron chi connectivity index (χ0n) is 18.4. The number of tetrazole rings is 1. The molecule has 2 heterocycles. The topological polar surface area (TPSA) is 100 Å². The highest BCUT2D eigenvalue weighted by molar-refractivity contribution is 9.10. The van der Waals surface area contributed by atoms with Crippen LogP contribution in [0.25, 0.3) is 0 Å². The van der Waals surface area contributed by atoms with Crippen molar-refractivity contribution in [2.45, 2.75) is 19.6 Å². The Bertz CT molecular complexity index is 1260. The number of nitrogens with zero attached hydrogens (tertiary/aromatic N) is 4. The molecule has 0 amide bonds. The Labute approximate surface area is 209 Å². The third-order valence-corrected chi connectivity index (χ3v) is 5.97. The van der Waals surface area contributed by atoms with Crippen molar-refractivity contribution in [1.29, 1.82) is 0 Å². The van der Waals surface area contributed by atoms with Gasteiger partial charge in [-0.25, -0.2) is 4.79 Å². The number of hydrogen-bond acceptors (Lipinski definition) is 8. The van der Waals surface area contributed by atoms with Gasteiger partial charge in [0.25, 0.3) is 0 Å². The quantitative estimate of drug-likeness (QED) is 0.321. The molecule has 0 saturated heterocycles. The average molecular weight is 547 g/mol. The van der Waals surface area contributed by atoms with Gasteiger partial charge in [-0.2, -0.15) is 4.68 Å². The van der Waals surface area contributed by atoms with E-state index in [4.69, 9.17) is 25.8 Å². The normalized spacial score (nSPS) is 14.8. The molecule has 0 fully saturated rings. The van der Waals surface area contributed by atoms with Gasteiger partial charge in [-0.3, -0.25) is 0 Å². The summed E-state index contributed by atoms with van der Waals surface area (Å²) in [6.07, 6.45) is 1.51. The number of carbonyl (C=O) groups is 1. The van der Waals surface area contributed by atoms with Crippen LogP contribution in [0.4, 0.5) is 5.95 Å². The number of halogens is 2. The number of anilines is 1. The summed E-state index contributed by atoms with van der Waals surface area (Å²) in [4.78, 5) is 12.9. The summed E-state index contributed by atoms with van der Waals surface area (Å²) in [5, 5.41) is 15.5. The molecule has 34 heavy (non-hydrogen) atoms. The van der Waals surface area contributed by atoms with Gasteiger partial charge in [0.1, 0.15) is 19.3 Å². The number of fused-ring (bicyclic) bond motifs is 1. The number of allylic oxidation sites excluding steroid dienone is 1. The molecule has 2 aromatic carbocycles. The van der Waals surface area contributed by atoms with E-state index in [1.165, 1.54) is 10.8 Å². The van der Waals surface area contributed by atoms with Gasteiger partial charge in [0.2, 0.25) is 5.95 Å². The minimum absolute atomic E-state index is 0.0787. The number of ether oxygens (including phenoxy) is 3. The second-order valence-electron chi connectivity index (χ2n) is 7.35. The molecule has 176 valence electrons. The van der Waals surface area contributed by atoms with Crippen molar-refractivity contribution >= 4 is 39.4 Å². The van der Waals surface area contributed by atoms with E-state index >= 15 is 0 Å². The number of methoxy groups -OCH3 is 1. The van der Waals surface area contributed by atoms with Crippen molar-refractivity contribution in [1.82, 2.24) is 20.2 Å². The highest BCUT2D eigenvalue weighted by atomic mass is 79.9. The van der Waals surface area contributed by atoms with E-state index in [0.717, 1.165) is 5.56 Å². The lowest BCUT2D eigenvalue weighted by Gasteiger charge is -2.28. The van der Waals surface area contributed by atoms with Crippen LogP contribution in [0.5, 0.6) is 11.5 Å². The second kappa shape index (κ2) is 10.3. The molecule has 11 heteroatoms. The number of hydrogen-bond donors (Lipinski definition) is 1. The second-order valence-corrected chi connectivity index (χ2v) is 8.64. The van der Waals surface area contributed by atoms with Gasteiger partial charge in [0.05, 0.1) is 17.2 Å². The molecule has 1 aromatic heterocycles. The van der Waals surface area contributed by atoms with E-state index in [2.05, 4.69) is 43.4 Å². The molecule has 4 rings (SSSR count). The standard InChI is InChI=1S/C23H21BrClN5O4/c1-4-9-33-22(31)19-13(2)26-23-27-28-29-30(23)20(19)15-10-17(24)21(18(11-15)32-3)34-12-14-5-7-16(25)8-6-14/h4-8,10-11,20H,1,9,12H2,2-3H3,(H,26,27,29). The molecule has 0 spiro atoms. The summed E-state index contributed by atoms with van der Waals surface area (Å²) >= 11 is 9.55. The van der Waals surface area contributed by atoms with Crippen LogP contribution in [0.15, 0.2) is 64.8 Å². The van der Waals surface area contributed by atoms with Crippen molar-refractivity contribution in [3.63, 3.8) is 0 Å². The third-order valence-electron chi connectivity index (χ3n) is 5.13. The van der Waals surface area contributed by atoms with E-state index in [9.17, 15) is 4.79 Å². The van der Waals surface area contributed by atoms with Crippen LogP contribution in [-0.4, -0.2) is 39.9 Å². The van der Waals surface area contributed by atoms with E-state index < -0.39 is 12.0 Å². The zero-order valence-corrected chi connectivity index (χ0v) is 20.8. The first-order chi connectivity index (χ1) is 16.4. The first kappa shape index (κ1) is 23.8. The molecule has 9 nitrogen and oxygen atoms in total. The number of carbonyl (C=O) groups excluding carboxylic acids is 1. The first-order valence-corrected chi connectivity index (χ1v) is 11.4. The predicted octanol–water partition coefficient (Wildman–Crippen LogP) is 4.69. The van der Waals surface area contributed by atoms with Crippen molar-refractivity contribution in [2.75, 3.05) is 19.0 Å². The SMILES string of the molecule is C=CCOC(=O)C1=C(C)Nc2nnnn2C1c1cc(Br)c(OCc2ccc(Cl)cc2)c(OC)c1. The highest BCUT2D eigenvalue weighted by Crippen LogP contribution is 2.42. The number of aromatic nitrogens is 4. The molecule has 0 radical (unpaired) electrons. The van der Waals surface area contributed by atoms with Crippen LogP contribution in [-0.2, 0) is 16.1 Å². The summed E-state index contributed by atoms with van der Waals surface area (Å²) in [6, 6.07) is 10.4. The van der Waals surface area contributed by atoms with Crippen molar-refractivity contribution < 1.29 is 19.0 Å². The minimum atomic E-state index is -0.654. The molecule has 1 aliphatic rings. The third kappa shape index (κ3) is 4.78. The van der Waals surface area contributed by atoms with Crippen LogP contribution in [0.2, 0.25) is 5.02 Å². The van der Waals surface area contributed by atoms with E-state index in [1.54, 1.807) is 32.2 Å². The van der Waals surface area contributed by atoms with Gasteiger partial charge in [0, 0.05) is 10.7 Å². The number of nitrogens with one attached hydrogen (secondary N) is 1. The summed E-state index contributed by atoms with van der Waals surface area (Å²) in [5.41, 5.74) is 2.59. The lowest BCUT2D eigenvalue weighted by atomic mass is 9.95. The van der Waals surface area contributed by atoms with Crippen LogP contribution >= 0.6 is 27.5 Å². The predicted molar refractivity (Wildman–Crippen MR) is 130 cm³/mol. The van der Waals surface area contributed by atoms with Crippen molar-refractivity contribution in [2.24, 2.45) is 0 Å². The lowest BCUT2D eigenvalue weighted by Crippen LogP contribution is -2.29. The van der Waals surface area contributed by atoms with Crippen LogP contribution in [0, 0.1) is 0 Å². The molecule has 1 N–H and O–H groups in total. The maximum absolute atomic E-state index is 12.9. The molecular formula is C23H21BrClN5O4. The van der Waals surface area contributed by atoms with Gasteiger partial charge in [-0.15, -0.1) is 0 Å². The Kier molecular flexibility index (Phi) is 7.18. The lowest BCUT2D eigenvalue weighted by molar-refractivity contribution is -0.138. The Morgan fingerprint density at radius 2 is 2.09 bits per heavy atom. The van der Waals surface area contributed by atoms with Gasteiger partial charge in [0.15, 0.2) is 11.5 Å². The highest BCUT2D eigenvalue weighted by Gasteiger charge is 2.35. The molecule has 1 unspecified atom stereocenters. The van der Waals surface area contributed by atoms with Gasteiger partial charge in [-0.1, -0.05) is 41.5 Å². The largest absolute Gasteiger partial charge is 0.493 e. The Hall–Kier alpha value is -3.37. The molecule has 1 aliphatic heterocycles. The van der Waals surface area contributed by atoms with Gasteiger partial charge >= 0.3 is 5.97 Å². The summed E-state index contributed by atoms with van der Waals surface area (Å²) < 4.78 is 19.2. The minimum Gasteiger partial charge on any atom is -0.493 e. The molecule has 0 saturated carbocycles. The summed E-state index contributed by atoms with van der Waals surface area (Å²) in [7, 11) is 1.55. The van der Waals surface area contributed by atoms with E-state index in [0.29, 0.717) is 50.4 Å². The Morgan fingerprint density at radius 3 is 2.79 bits per heavy atom. The van der Waals surface area contributed by atoms with E-state index in [1.807, 2.05) is 18.2 Å². The number of esters is 1. The van der Waals surface area contributed by atoms with Crippen molar-refractivity contribution in [3.8, 4) is 11.5 Å². The van der Waals surface area contributed by atoms with Gasteiger partial charge in [-0.05, 0) is 68.7 Å². The van der Waals surface area contributed by atoms with Crippen LogP contribution in [0.3, 0.4) is 0 Å². The molecule has 3 aromatic rings. The van der Waals surface area contributed by atoms with Crippen LogP contribution in [0.1, 0.15) is 24.1 Å². The molecule has 1 atom stereocenters. The first-order valence-electron chi connectivity index (χ1n) is 10.2. The number of rotatable bonds is 8. The molecular weight excluding hydrogens is 526 g/mol. The maximum Gasteiger partial charge on any atom is 0.338 e. The Morgan fingerprint density at radius 1 is 1.32 bits per heavy atom. The van der Waals surface area contributed by atoms with Crippen LogP contribution < -0.4 is 14.8 Å². The Balaban J connectivity index is 1.72. The zero-order chi connectivity index (χ0) is 24.2. The van der Waals surface area contributed by atoms with E-state index in [-0.39, 0.29) is 6.61 Å².